The van der Waals surface area contributed by atoms with Crippen molar-refractivity contribution in [2.75, 3.05) is 0 Å². The van der Waals surface area contributed by atoms with Crippen LogP contribution in [0.25, 0.3) is 0 Å². The van der Waals surface area contributed by atoms with Crippen LogP contribution in [0.15, 0.2) is 71.8 Å². The van der Waals surface area contributed by atoms with E-state index >= 15 is 0 Å². The van der Waals surface area contributed by atoms with Crippen molar-refractivity contribution in [2.24, 2.45) is 5.10 Å². The molecule has 0 bridgehead atoms. The first kappa shape index (κ1) is 23.0. The number of hydrogen-bond donors (Lipinski definition) is 1. The van der Waals surface area contributed by atoms with Crippen molar-refractivity contribution < 1.29 is 24.2 Å². The van der Waals surface area contributed by atoms with Crippen LogP contribution in [-0.4, -0.2) is 27.9 Å². The normalized spacial score (nSPS) is 10.6. The van der Waals surface area contributed by atoms with Gasteiger partial charge in [0.25, 0.3) is 17.3 Å². The molecule has 1 amide bonds. The zero-order chi connectivity index (χ0) is 24.0. The first-order chi connectivity index (χ1) is 15.7. The summed E-state index contributed by atoms with van der Waals surface area (Å²) in [6.07, 6.45) is 1.23. The number of nitro benzene ring substituents is 2. The lowest BCUT2D eigenvalue weighted by Gasteiger charge is -2.07. The molecule has 0 saturated carbocycles. The summed E-state index contributed by atoms with van der Waals surface area (Å²) in [4.78, 5) is 45.0. The van der Waals surface area contributed by atoms with Gasteiger partial charge in [-0.2, -0.15) is 5.10 Å². The number of carbonyl (C=O) groups is 2. The minimum absolute atomic E-state index is 0.0150. The van der Waals surface area contributed by atoms with Gasteiger partial charge < -0.3 is 4.74 Å². The van der Waals surface area contributed by atoms with Gasteiger partial charge in [-0.1, -0.05) is 23.7 Å². The number of benzene rings is 3. The van der Waals surface area contributed by atoms with Gasteiger partial charge in [-0.3, -0.25) is 25.0 Å². The summed E-state index contributed by atoms with van der Waals surface area (Å²) in [6, 6.07) is 14.8. The fourth-order valence-corrected chi connectivity index (χ4v) is 2.72. The second-order valence-corrected chi connectivity index (χ2v) is 6.82. The number of halogens is 1. The maximum Gasteiger partial charge on any atom is 0.344 e. The van der Waals surface area contributed by atoms with Gasteiger partial charge in [0.15, 0.2) is 0 Å². The Bertz CT molecular complexity index is 1240. The highest BCUT2D eigenvalue weighted by Gasteiger charge is 2.21. The van der Waals surface area contributed by atoms with Crippen molar-refractivity contribution in [1.82, 2.24) is 5.43 Å². The van der Waals surface area contributed by atoms with Crippen molar-refractivity contribution in [2.45, 2.75) is 0 Å². The topological polar surface area (TPSA) is 154 Å². The lowest BCUT2D eigenvalue weighted by atomic mass is 10.1. The van der Waals surface area contributed by atoms with E-state index in [0.29, 0.717) is 16.1 Å². The SMILES string of the molecule is O=C(N/N=C/c1ccccc1OC(=O)c1cc([N+](=O)[O-])cc([N+](=O)[O-])c1)c1ccc(Cl)cc1. The Balaban J connectivity index is 1.78. The molecule has 0 unspecified atom stereocenters. The molecule has 3 aromatic rings. The van der Waals surface area contributed by atoms with Gasteiger partial charge in [0, 0.05) is 28.3 Å². The van der Waals surface area contributed by atoms with Crippen molar-refractivity contribution in [3.63, 3.8) is 0 Å². The molecule has 0 aromatic heterocycles. The molecular formula is C21H13ClN4O7. The number of non-ortho nitro benzene ring substituents is 2. The lowest BCUT2D eigenvalue weighted by molar-refractivity contribution is -0.394. The smallest absolute Gasteiger partial charge is 0.344 e. The van der Waals surface area contributed by atoms with Crippen LogP contribution in [0.3, 0.4) is 0 Å². The number of ether oxygens (including phenoxy) is 1. The van der Waals surface area contributed by atoms with Crippen LogP contribution in [0, 0.1) is 20.2 Å². The number of rotatable bonds is 7. The minimum Gasteiger partial charge on any atom is -0.422 e. The number of para-hydroxylation sites is 1. The van der Waals surface area contributed by atoms with Crippen LogP contribution in [0.5, 0.6) is 5.75 Å². The number of hydrazone groups is 1. The molecule has 0 saturated heterocycles. The van der Waals surface area contributed by atoms with E-state index in [1.165, 1.54) is 30.5 Å². The molecule has 0 aliphatic heterocycles. The van der Waals surface area contributed by atoms with Gasteiger partial charge in [0.2, 0.25) is 0 Å². The number of amides is 1. The molecule has 0 atom stereocenters. The number of nitrogens with zero attached hydrogens (tertiary/aromatic N) is 3. The molecule has 0 spiro atoms. The number of carbonyl (C=O) groups excluding carboxylic acids is 2. The fraction of sp³-hybridized carbons (Fsp3) is 0. The average Bonchev–Trinajstić information content (AvgIpc) is 2.80. The molecule has 0 aliphatic carbocycles. The Morgan fingerprint density at radius 3 is 2.12 bits per heavy atom. The molecule has 0 fully saturated rings. The van der Waals surface area contributed by atoms with Gasteiger partial charge >= 0.3 is 5.97 Å². The summed E-state index contributed by atoms with van der Waals surface area (Å²) in [5.74, 6) is -1.53. The average molecular weight is 469 g/mol. The van der Waals surface area contributed by atoms with E-state index in [1.807, 2.05) is 0 Å². The number of hydrogen-bond acceptors (Lipinski definition) is 8. The van der Waals surface area contributed by atoms with Gasteiger partial charge in [0.05, 0.1) is 27.7 Å². The maximum atomic E-state index is 12.5. The van der Waals surface area contributed by atoms with E-state index in [0.717, 1.165) is 18.2 Å². The third-order valence-corrected chi connectivity index (χ3v) is 4.41. The maximum absolute atomic E-state index is 12.5. The molecule has 1 N–H and O–H groups in total. The van der Waals surface area contributed by atoms with Crippen molar-refractivity contribution in [3.05, 3.63) is 109 Å². The molecule has 3 rings (SSSR count). The molecule has 166 valence electrons. The van der Waals surface area contributed by atoms with E-state index in [9.17, 15) is 29.8 Å². The van der Waals surface area contributed by atoms with Crippen LogP contribution in [0.2, 0.25) is 5.02 Å². The standard InChI is InChI=1S/C21H13ClN4O7/c22-16-7-5-13(6-8-16)20(27)24-23-12-14-3-1-2-4-19(14)33-21(28)15-9-17(25(29)30)11-18(10-15)26(31)32/h1-12H,(H,24,27)/b23-12+. The quantitative estimate of drug-likeness (QED) is 0.179. The Morgan fingerprint density at radius 1 is 0.909 bits per heavy atom. The summed E-state index contributed by atoms with van der Waals surface area (Å²) in [5, 5.41) is 26.4. The molecule has 3 aromatic carbocycles. The van der Waals surface area contributed by atoms with Gasteiger partial charge in [-0.25, -0.2) is 10.2 Å². The number of nitro groups is 2. The first-order valence-corrected chi connectivity index (χ1v) is 9.46. The molecular weight excluding hydrogens is 456 g/mol. The summed E-state index contributed by atoms with van der Waals surface area (Å²) in [5.41, 5.74) is 1.30. The zero-order valence-corrected chi connectivity index (χ0v) is 17.3. The zero-order valence-electron chi connectivity index (χ0n) is 16.5. The third kappa shape index (κ3) is 5.95. The second kappa shape index (κ2) is 10.1. The fourth-order valence-electron chi connectivity index (χ4n) is 2.59. The van der Waals surface area contributed by atoms with Crippen LogP contribution >= 0.6 is 11.6 Å². The highest BCUT2D eigenvalue weighted by Crippen LogP contribution is 2.24. The van der Waals surface area contributed by atoms with Crippen LogP contribution < -0.4 is 10.2 Å². The molecule has 0 aliphatic rings. The van der Waals surface area contributed by atoms with E-state index in [2.05, 4.69) is 10.5 Å². The van der Waals surface area contributed by atoms with E-state index < -0.39 is 33.1 Å². The predicted molar refractivity (Wildman–Crippen MR) is 118 cm³/mol. The van der Waals surface area contributed by atoms with E-state index in [-0.39, 0.29) is 11.3 Å². The summed E-state index contributed by atoms with van der Waals surface area (Å²) in [6.45, 7) is 0. The molecule has 0 heterocycles. The molecule has 12 heteroatoms. The van der Waals surface area contributed by atoms with Crippen LogP contribution in [0.4, 0.5) is 11.4 Å². The van der Waals surface area contributed by atoms with E-state index in [1.54, 1.807) is 24.3 Å². The second-order valence-electron chi connectivity index (χ2n) is 6.39. The molecule has 11 nitrogen and oxygen atoms in total. The summed E-state index contributed by atoms with van der Waals surface area (Å²) in [7, 11) is 0. The van der Waals surface area contributed by atoms with Gasteiger partial charge in [-0.15, -0.1) is 0 Å². The third-order valence-electron chi connectivity index (χ3n) is 4.16. The van der Waals surface area contributed by atoms with Gasteiger partial charge in [-0.05, 0) is 36.4 Å². The molecule has 33 heavy (non-hydrogen) atoms. The van der Waals surface area contributed by atoms with Gasteiger partial charge in [0.1, 0.15) is 5.75 Å². The number of nitrogens with one attached hydrogen (secondary N) is 1. The van der Waals surface area contributed by atoms with Crippen LogP contribution in [-0.2, 0) is 0 Å². The summed E-state index contributed by atoms with van der Waals surface area (Å²) < 4.78 is 5.25. The first-order valence-electron chi connectivity index (χ1n) is 9.08. The highest BCUT2D eigenvalue weighted by atomic mass is 35.5. The largest absolute Gasteiger partial charge is 0.422 e. The van der Waals surface area contributed by atoms with Crippen molar-refractivity contribution in [1.29, 1.82) is 0 Å². The molecule has 0 radical (unpaired) electrons. The van der Waals surface area contributed by atoms with Crippen LogP contribution in [0.1, 0.15) is 26.3 Å². The highest BCUT2D eigenvalue weighted by molar-refractivity contribution is 6.30. The Kier molecular flexibility index (Phi) is 7.06. The Labute approximate surface area is 190 Å². The lowest BCUT2D eigenvalue weighted by Crippen LogP contribution is -2.17. The Morgan fingerprint density at radius 2 is 1.52 bits per heavy atom. The van der Waals surface area contributed by atoms with Crippen molar-refractivity contribution >= 4 is 41.1 Å². The summed E-state index contributed by atoms with van der Waals surface area (Å²) >= 11 is 5.78. The Hall–Kier alpha value is -4.64. The monoisotopic (exact) mass is 468 g/mol. The number of esters is 1. The van der Waals surface area contributed by atoms with Crippen molar-refractivity contribution in [3.8, 4) is 5.75 Å². The van der Waals surface area contributed by atoms with E-state index in [4.69, 9.17) is 16.3 Å². The minimum atomic E-state index is -1.05. The predicted octanol–water partition coefficient (Wildman–Crippen LogP) is 4.14.